The van der Waals surface area contributed by atoms with Gasteiger partial charge in [-0.3, -0.25) is 4.98 Å². The Bertz CT molecular complexity index is 832. The molecule has 0 bridgehead atoms. The normalized spacial score (nSPS) is 16.3. The first-order valence-electron chi connectivity index (χ1n) is 9.14. The Balaban J connectivity index is 1.41. The Hall–Kier alpha value is -2.66. The summed E-state index contributed by atoms with van der Waals surface area (Å²) >= 11 is 0. The van der Waals surface area contributed by atoms with Crippen LogP contribution in [0.15, 0.2) is 59.4 Å². The van der Waals surface area contributed by atoms with Crippen LogP contribution in [0.4, 0.5) is 5.69 Å². The second kappa shape index (κ2) is 7.70. The van der Waals surface area contributed by atoms with Crippen molar-refractivity contribution in [2.24, 2.45) is 0 Å². The van der Waals surface area contributed by atoms with E-state index in [4.69, 9.17) is 4.52 Å². The zero-order chi connectivity index (χ0) is 17.8. The van der Waals surface area contributed by atoms with E-state index in [0.717, 1.165) is 49.5 Å². The molecule has 134 valence electrons. The molecule has 3 aromatic rings. The lowest BCUT2D eigenvalue weighted by atomic mass is 9.91. The van der Waals surface area contributed by atoms with E-state index in [1.807, 2.05) is 24.5 Å². The maximum Gasteiger partial charge on any atom is 0.140 e. The van der Waals surface area contributed by atoms with E-state index < -0.39 is 0 Å². The number of pyridine rings is 1. The van der Waals surface area contributed by atoms with Crippen LogP contribution in [-0.2, 0) is 25.9 Å². The second-order valence-corrected chi connectivity index (χ2v) is 6.90. The molecule has 0 saturated heterocycles. The first-order chi connectivity index (χ1) is 12.8. The molecule has 0 fully saturated rings. The van der Waals surface area contributed by atoms with Crippen molar-refractivity contribution >= 4 is 5.69 Å². The number of aryl methyl sites for hydroxylation is 1. The van der Waals surface area contributed by atoms with Gasteiger partial charge in [-0.05, 0) is 30.5 Å². The van der Waals surface area contributed by atoms with Gasteiger partial charge in [-0.15, -0.1) is 0 Å². The van der Waals surface area contributed by atoms with Crippen molar-refractivity contribution in [2.45, 2.75) is 38.4 Å². The fourth-order valence-corrected chi connectivity index (χ4v) is 3.53. The third kappa shape index (κ3) is 3.78. The van der Waals surface area contributed by atoms with E-state index in [1.165, 1.54) is 11.1 Å². The third-order valence-electron chi connectivity index (χ3n) is 5.05. The van der Waals surface area contributed by atoms with Crippen molar-refractivity contribution in [2.75, 3.05) is 11.9 Å². The Morgan fingerprint density at radius 1 is 1.15 bits per heavy atom. The first-order valence-corrected chi connectivity index (χ1v) is 9.14. The number of hydrogen-bond acceptors (Lipinski definition) is 5. The van der Waals surface area contributed by atoms with Gasteiger partial charge in [-0.2, -0.15) is 0 Å². The topological polar surface area (TPSA) is 54.2 Å². The molecule has 0 spiro atoms. The highest BCUT2D eigenvalue weighted by Crippen LogP contribution is 2.26. The van der Waals surface area contributed by atoms with Gasteiger partial charge in [0.15, 0.2) is 0 Å². The summed E-state index contributed by atoms with van der Waals surface area (Å²) in [6, 6.07) is 15.0. The number of aromatic nitrogens is 2. The third-order valence-corrected chi connectivity index (χ3v) is 5.05. The fourth-order valence-electron chi connectivity index (χ4n) is 3.53. The lowest BCUT2D eigenvalue weighted by molar-refractivity contribution is 0.351. The van der Waals surface area contributed by atoms with Gasteiger partial charge in [0.25, 0.3) is 0 Å². The zero-order valence-electron chi connectivity index (χ0n) is 15.1. The molecule has 1 atom stereocenters. The monoisotopic (exact) mass is 348 g/mol. The molecular formula is C21H24N4O. The molecule has 0 saturated carbocycles. The van der Waals surface area contributed by atoms with Crippen LogP contribution in [0.1, 0.15) is 29.0 Å². The number of benzene rings is 1. The van der Waals surface area contributed by atoms with Crippen molar-refractivity contribution in [1.29, 1.82) is 0 Å². The van der Waals surface area contributed by atoms with Gasteiger partial charge in [0.05, 0.1) is 6.54 Å². The van der Waals surface area contributed by atoms with E-state index in [1.54, 1.807) is 0 Å². The van der Waals surface area contributed by atoms with Crippen LogP contribution in [-0.4, -0.2) is 23.2 Å². The first kappa shape index (κ1) is 16.8. The second-order valence-electron chi connectivity index (χ2n) is 6.90. The van der Waals surface area contributed by atoms with E-state index in [2.05, 4.69) is 57.7 Å². The van der Waals surface area contributed by atoms with Crippen molar-refractivity contribution in [3.05, 3.63) is 77.4 Å². The van der Waals surface area contributed by atoms with E-state index in [-0.39, 0.29) is 0 Å². The van der Waals surface area contributed by atoms with Crippen LogP contribution < -0.4 is 10.2 Å². The number of anilines is 1. The summed E-state index contributed by atoms with van der Waals surface area (Å²) in [5.41, 5.74) is 4.78. The minimum atomic E-state index is 0.465. The zero-order valence-corrected chi connectivity index (χ0v) is 15.1. The highest BCUT2D eigenvalue weighted by Gasteiger charge is 2.26. The molecule has 5 heteroatoms. The predicted molar refractivity (Wildman–Crippen MR) is 102 cm³/mol. The van der Waals surface area contributed by atoms with E-state index in [0.29, 0.717) is 6.04 Å². The largest absolute Gasteiger partial charge is 0.368 e. The van der Waals surface area contributed by atoms with Crippen molar-refractivity contribution in [1.82, 2.24) is 15.5 Å². The molecule has 2 heterocycles. The molecule has 1 unspecified atom stereocenters. The smallest absolute Gasteiger partial charge is 0.140 e. The molecule has 0 aliphatic heterocycles. The summed E-state index contributed by atoms with van der Waals surface area (Å²) in [6.45, 7) is 1.65. The molecule has 1 N–H and O–H groups in total. The summed E-state index contributed by atoms with van der Waals surface area (Å²) in [6.07, 6.45) is 6.65. The SMILES string of the molecule is CN(Cc1noc2c1CC(NCc1ccccc1)CC2)c1ccncc1. The Morgan fingerprint density at radius 2 is 1.96 bits per heavy atom. The lowest BCUT2D eigenvalue weighted by Crippen LogP contribution is -2.34. The summed E-state index contributed by atoms with van der Waals surface area (Å²) in [4.78, 5) is 6.26. The number of nitrogens with one attached hydrogen (secondary N) is 1. The molecule has 0 amide bonds. The van der Waals surface area contributed by atoms with Gasteiger partial charge >= 0.3 is 0 Å². The van der Waals surface area contributed by atoms with Gasteiger partial charge in [0.1, 0.15) is 11.5 Å². The van der Waals surface area contributed by atoms with Crippen molar-refractivity contribution in [3.8, 4) is 0 Å². The number of fused-ring (bicyclic) bond motifs is 1. The summed E-state index contributed by atoms with van der Waals surface area (Å²) in [5, 5.41) is 8.05. The Labute approximate surface area is 154 Å². The highest BCUT2D eigenvalue weighted by molar-refractivity contribution is 5.44. The van der Waals surface area contributed by atoms with Crippen LogP contribution in [0.25, 0.3) is 0 Å². The molecule has 26 heavy (non-hydrogen) atoms. The van der Waals surface area contributed by atoms with Crippen molar-refractivity contribution in [3.63, 3.8) is 0 Å². The maximum atomic E-state index is 5.62. The standard InChI is InChI=1S/C21H24N4O/c1-25(18-9-11-22-12-10-18)15-20-19-13-17(7-8-21(19)26-24-20)23-14-16-5-3-2-4-6-16/h2-6,9-12,17,23H,7-8,13-15H2,1H3. The average Bonchev–Trinajstić information content (AvgIpc) is 3.10. The van der Waals surface area contributed by atoms with Crippen molar-refractivity contribution < 1.29 is 4.52 Å². The maximum absolute atomic E-state index is 5.62. The minimum absolute atomic E-state index is 0.465. The van der Waals surface area contributed by atoms with Crippen LogP contribution in [0, 0.1) is 0 Å². The fraction of sp³-hybridized carbons (Fsp3) is 0.333. The summed E-state index contributed by atoms with van der Waals surface area (Å²) in [5.74, 6) is 1.06. The van der Waals surface area contributed by atoms with Crippen LogP contribution in [0.5, 0.6) is 0 Å². The van der Waals surface area contributed by atoms with E-state index >= 15 is 0 Å². The minimum Gasteiger partial charge on any atom is -0.368 e. The highest BCUT2D eigenvalue weighted by atomic mass is 16.5. The number of rotatable bonds is 6. The number of hydrogen-bond donors (Lipinski definition) is 1. The van der Waals surface area contributed by atoms with Gasteiger partial charge in [0, 0.05) is 49.7 Å². The molecule has 1 aromatic carbocycles. The molecule has 1 aliphatic rings. The van der Waals surface area contributed by atoms with Gasteiger partial charge in [-0.1, -0.05) is 35.5 Å². The molecule has 0 radical (unpaired) electrons. The molecular weight excluding hydrogens is 324 g/mol. The van der Waals surface area contributed by atoms with Gasteiger partial charge in [-0.25, -0.2) is 0 Å². The molecule has 5 nitrogen and oxygen atoms in total. The van der Waals surface area contributed by atoms with Gasteiger partial charge < -0.3 is 14.7 Å². The summed E-state index contributed by atoms with van der Waals surface area (Å²) < 4.78 is 5.62. The molecule has 1 aliphatic carbocycles. The molecule has 4 rings (SSSR count). The summed E-state index contributed by atoms with van der Waals surface area (Å²) in [7, 11) is 2.07. The van der Waals surface area contributed by atoms with Crippen LogP contribution in [0.2, 0.25) is 0 Å². The Morgan fingerprint density at radius 3 is 2.77 bits per heavy atom. The lowest BCUT2D eigenvalue weighted by Gasteiger charge is -2.24. The van der Waals surface area contributed by atoms with E-state index in [9.17, 15) is 0 Å². The number of nitrogens with zero attached hydrogens (tertiary/aromatic N) is 3. The average molecular weight is 348 g/mol. The Kier molecular flexibility index (Phi) is 4.97. The predicted octanol–water partition coefficient (Wildman–Crippen LogP) is 3.35. The quantitative estimate of drug-likeness (QED) is 0.740. The molecule has 2 aromatic heterocycles. The van der Waals surface area contributed by atoms with Gasteiger partial charge in [0.2, 0.25) is 0 Å². The van der Waals surface area contributed by atoms with Crippen LogP contribution in [0.3, 0.4) is 0 Å². The van der Waals surface area contributed by atoms with Crippen LogP contribution >= 0.6 is 0 Å².